The molecule has 0 aliphatic carbocycles. The average Bonchev–Trinajstić information content (AvgIpc) is 2.22. The van der Waals surface area contributed by atoms with Crippen molar-refractivity contribution >= 4 is 11.6 Å². The van der Waals surface area contributed by atoms with Gasteiger partial charge in [0, 0.05) is 6.92 Å². The predicted molar refractivity (Wildman–Crippen MR) is 62.9 cm³/mol. The molecule has 1 rings (SSSR count). The van der Waals surface area contributed by atoms with Gasteiger partial charge in [-0.3, -0.25) is 4.79 Å². The molecule has 0 bridgehead atoms. The van der Waals surface area contributed by atoms with E-state index in [-0.39, 0.29) is 11.7 Å². The van der Waals surface area contributed by atoms with Gasteiger partial charge in [-0.2, -0.15) is 0 Å². The van der Waals surface area contributed by atoms with Gasteiger partial charge in [0.25, 0.3) is 0 Å². The summed E-state index contributed by atoms with van der Waals surface area (Å²) >= 11 is 0. The smallest absolute Gasteiger partial charge is 0.221 e. The van der Waals surface area contributed by atoms with Crippen molar-refractivity contribution in [1.29, 1.82) is 0 Å². The highest BCUT2D eigenvalue weighted by atomic mass is 16.5. The van der Waals surface area contributed by atoms with Crippen molar-refractivity contribution in [3.8, 4) is 11.5 Å². The number of phenolic OH excluding ortho intramolecular Hbond substituents is 1. The maximum atomic E-state index is 11.0. The summed E-state index contributed by atoms with van der Waals surface area (Å²) in [7, 11) is 1.46. The molecule has 0 saturated heterocycles. The van der Waals surface area contributed by atoms with Gasteiger partial charge in [0.05, 0.1) is 12.8 Å². The molecular weight excluding hydrogens is 206 g/mol. The number of anilines is 1. The lowest BCUT2D eigenvalue weighted by Crippen LogP contribution is -2.06. The van der Waals surface area contributed by atoms with E-state index in [1.807, 2.05) is 0 Å². The van der Waals surface area contributed by atoms with E-state index in [1.165, 1.54) is 14.0 Å². The molecule has 4 heteroatoms. The second kappa shape index (κ2) is 5.21. The van der Waals surface area contributed by atoms with Crippen LogP contribution in [-0.4, -0.2) is 18.1 Å². The topological polar surface area (TPSA) is 58.6 Å². The van der Waals surface area contributed by atoms with E-state index in [4.69, 9.17) is 4.74 Å². The Labute approximate surface area is 94.6 Å². The molecule has 1 aromatic carbocycles. The molecule has 0 heterocycles. The Morgan fingerprint density at radius 3 is 2.81 bits per heavy atom. The lowest BCUT2D eigenvalue weighted by molar-refractivity contribution is -0.114. The van der Waals surface area contributed by atoms with Gasteiger partial charge < -0.3 is 15.2 Å². The van der Waals surface area contributed by atoms with Crippen LogP contribution in [0, 0.1) is 0 Å². The summed E-state index contributed by atoms with van der Waals surface area (Å²) in [6.45, 7) is 5.01. The number of rotatable bonds is 4. The van der Waals surface area contributed by atoms with Gasteiger partial charge >= 0.3 is 0 Å². The number of hydrogen-bond acceptors (Lipinski definition) is 3. The van der Waals surface area contributed by atoms with Crippen molar-refractivity contribution in [3.63, 3.8) is 0 Å². The number of carbonyl (C=O) groups excluding carboxylic acids is 1. The molecule has 4 nitrogen and oxygen atoms in total. The zero-order valence-corrected chi connectivity index (χ0v) is 9.41. The van der Waals surface area contributed by atoms with Crippen molar-refractivity contribution in [2.75, 3.05) is 12.4 Å². The van der Waals surface area contributed by atoms with Gasteiger partial charge in [-0.05, 0) is 24.1 Å². The van der Waals surface area contributed by atoms with Crippen LogP contribution in [-0.2, 0) is 11.2 Å². The molecule has 0 aliphatic rings. The summed E-state index contributed by atoms with van der Waals surface area (Å²) in [6.07, 6.45) is 2.38. The molecule has 0 spiro atoms. The van der Waals surface area contributed by atoms with Crippen LogP contribution < -0.4 is 10.1 Å². The average molecular weight is 221 g/mol. The molecule has 0 unspecified atom stereocenters. The van der Waals surface area contributed by atoms with E-state index in [9.17, 15) is 9.90 Å². The first-order chi connectivity index (χ1) is 7.58. The lowest BCUT2D eigenvalue weighted by Gasteiger charge is -2.11. The van der Waals surface area contributed by atoms with E-state index in [0.717, 1.165) is 5.56 Å². The zero-order valence-electron chi connectivity index (χ0n) is 9.41. The van der Waals surface area contributed by atoms with Gasteiger partial charge in [-0.25, -0.2) is 0 Å². The first kappa shape index (κ1) is 12.1. The van der Waals surface area contributed by atoms with Crippen molar-refractivity contribution < 1.29 is 14.6 Å². The summed E-state index contributed by atoms with van der Waals surface area (Å²) < 4.78 is 5.02. The Morgan fingerprint density at radius 2 is 2.31 bits per heavy atom. The lowest BCUT2D eigenvalue weighted by atomic mass is 10.1. The van der Waals surface area contributed by atoms with Crippen LogP contribution in [0.5, 0.6) is 11.5 Å². The number of phenols is 1. The number of benzene rings is 1. The number of amides is 1. The Morgan fingerprint density at radius 1 is 1.62 bits per heavy atom. The van der Waals surface area contributed by atoms with E-state index in [2.05, 4.69) is 11.9 Å². The minimum absolute atomic E-state index is 0.0643. The van der Waals surface area contributed by atoms with Crippen molar-refractivity contribution in [2.45, 2.75) is 13.3 Å². The quantitative estimate of drug-likeness (QED) is 0.604. The number of hydrogen-bond donors (Lipinski definition) is 2. The molecule has 16 heavy (non-hydrogen) atoms. The van der Waals surface area contributed by atoms with Gasteiger partial charge in [0.15, 0.2) is 11.5 Å². The highest BCUT2D eigenvalue weighted by molar-refractivity contribution is 5.91. The molecule has 0 atom stereocenters. The Hall–Kier alpha value is -1.97. The maximum absolute atomic E-state index is 11.0. The third kappa shape index (κ3) is 2.76. The number of ether oxygens (including phenoxy) is 1. The molecule has 1 amide bonds. The van der Waals surface area contributed by atoms with Crippen LogP contribution in [0.15, 0.2) is 24.8 Å². The minimum atomic E-state index is -0.242. The van der Waals surface area contributed by atoms with Crippen molar-refractivity contribution in [2.24, 2.45) is 0 Å². The van der Waals surface area contributed by atoms with Crippen molar-refractivity contribution in [3.05, 3.63) is 30.4 Å². The van der Waals surface area contributed by atoms with Crippen LogP contribution in [0.2, 0.25) is 0 Å². The van der Waals surface area contributed by atoms with Crippen LogP contribution in [0.4, 0.5) is 5.69 Å². The van der Waals surface area contributed by atoms with Crippen LogP contribution in [0.25, 0.3) is 0 Å². The number of carbonyl (C=O) groups is 1. The number of allylic oxidation sites excluding steroid dienone is 1. The first-order valence-corrected chi connectivity index (χ1v) is 4.86. The molecule has 0 saturated carbocycles. The largest absolute Gasteiger partial charge is 0.503 e. The summed E-state index contributed by atoms with van der Waals surface area (Å²) in [6, 6.07) is 3.41. The van der Waals surface area contributed by atoms with E-state index < -0.39 is 0 Å². The van der Waals surface area contributed by atoms with Gasteiger partial charge in [0.1, 0.15) is 0 Å². The van der Waals surface area contributed by atoms with E-state index in [1.54, 1.807) is 18.2 Å². The summed E-state index contributed by atoms with van der Waals surface area (Å²) in [4.78, 5) is 11.0. The Kier molecular flexibility index (Phi) is 3.94. The summed E-state index contributed by atoms with van der Waals surface area (Å²) in [5, 5.41) is 12.3. The molecule has 0 fully saturated rings. The van der Waals surface area contributed by atoms with Gasteiger partial charge in [0.2, 0.25) is 5.91 Å². The van der Waals surface area contributed by atoms with E-state index in [0.29, 0.717) is 17.9 Å². The third-order valence-corrected chi connectivity index (χ3v) is 2.05. The number of nitrogens with one attached hydrogen (secondary N) is 1. The second-order valence-corrected chi connectivity index (χ2v) is 3.37. The molecule has 86 valence electrons. The molecule has 0 radical (unpaired) electrons. The highest BCUT2D eigenvalue weighted by Crippen LogP contribution is 2.35. The summed E-state index contributed by atoms with van der Waals surface area (Å²) in [5.74, 6) is 0.0294. The standard InChI is InChI=1S/C12H15NO3/c1-4-5-9-6-10(13-8(2)14)12(15)11(7-9)16-3/h4,6-7,15H,1,5H2,2-3H3,(H,13,14). The zero-order chi connectivity index (χ0) is 12.1. The molecular formula is C12H15NO3. The fourth-order valence-electron chi connectivity index (χ4n) is 1.39. The van der Waals surface area contributed by atoms with Gasteiger partial charge in [-0.15, -0.1) is 6.58 Å². The first-order valence-electron chi connectivity index (χ1n) is 4.86. The second-order valence-electron chi connectivity index (χ2n) is 3.37. The fraction of sp³-hybridized carbons (Fsp3) is 0.250. The van der Waals surface area contributed by atoms with Crippen molar-refractivity contribution in [1.82, 2.24) is 0 Å². The molecule has 0 aromatic heterocycles. The molecule has 0 aliphatic heterocycles. The Balaban J connectivity index is 3.17. The van der Waals surface area contributed by atoms with E-state index >= 15 is 0 Å². The third-order valence-electron chi connectivity index (χ3n) is 2.05. The molecule has 1 aromatic rings. The predicted octanol–water partition coefficient (Wildman–Crippen LogP) is 2.09. The SMILES string of the molecule is C=CCc1cc(NC(C)=O)c(O)c(OC)c1. The number of methoxy groups -OCH3 is 1. The van der Waals surface area contributed by atoms with Crippen LogP contribution in [0.3, 0.4) is 0 Å². The normalized spacial score (nSPS) is 9.62. The monoisotopic (exact) mass is 221 g/mol. The number of aromatic hydroxyl groups is 1. The fourth-order valence-corrected chi connectivity index (χ4v) is 1.39. The Bertz CT molecular complexity index is 413. The van der Waals surface area contributed by atoms with Crippen LogP contribution in [0.1, 0.15) is 12.5 Å². The molecule has 2 N–H and O–H groups in total. The van der Waals surface area contributed by atoms with Crippen LogP contribution >= 0.6 is 0 Å². The maximum Gasteiger partial charge on any atom is 0.221 e. The summed E-state index contributed by atoms with van der Waals surface area (Å²) in [5.41, 5.74) is 1.26. The van der Waals surface area contributed by atoms with Gasteiger partial charge in [-0.1, -0.05) is 6.08 Å². The highest BCUT2D eigenvalue weighted by Gasteiger charge is 2.10. The minimum Gasteiger partial charge on any atom is -0.503 e.